The standard InChI is InChI=1S/C36H43N5O8S/c1-22(2)37-35-38-29-18-27(13-14-31(29)48-35)50(44,45)40-41(19-24-11-7-4-8-12-24)20-30(42)28(15-23-9-5-3-6-10-23)39-36(43)49-33-26-16-25-17-32(33)47-34(25)46-21-26/h3-14,18,22,25-26,28,30,32-34,40,42H,15-17,19-21H2,1-2H3,(H,37,38)(H,39,43)/t25?,26?,28-,30+,32?,33?,34?/m0/s1. The van der Waals surface area contributed by atoms with Gasteiger partial charge in [-0.2, -0.15) is 4.98 Å². The number of nitrogens with one attached hydrogen (secondary N) is 3. The summed E-state index contributed by atoms with van der Waals surface area (Å²) < 4.78 is 51.1. The minimum Gasteiger partial charge on any atom is -0.443 e. The number of hydrogen-bond donors (Lipinski definition) is 4. The van der Waals surface area contributed by atoms with Gasteiger partial charge in [0.25, 0.3) is 16.0 Å². The Balaban J connectivity index is 1.10. The van der Waals surface area contributed by atoms with Gasteiger partial charge in [-0.25, -0.2) is 18.2 Å². The number of sulfonamides is 1. The van der Waals surface area contributed by atoms with Gasteiger partial charge in [0.1, 0.15) is 11.6 Å². The summed E-state index contributed by atoms with van der Waals surface area (Å²) >= 11 is 0. The molecule has 7 atom stereocenters. The van der Waals surface area contributed by atoms with E-state index in [1.807, 2.05) is 74.5 Å². The fraction of sp³-hybridized carbons (Fsp3) is 0.444. The molecule has 14 heteroatoms. The Kier molecular flexibility index (Phi) is 10.1. The Hall–Kier alpha value is -4.05. The summed E-state index contributed by atoms with van der Waals surface area (Å²) in [7, 11) is -4.14. The molecule has 1 aromatic heterocycles. The lowest BCUT2D eigenvalue weighted by molar-refractivity contribution is -0.153. The van der Waals surface area contributed by atoms with Crippen molar-refractivity contribution in [2.24, 2.45) is 11.8 Å². The molecule has 2 aliphatic heterocycles. The molecule has 13 nitrogen and oxygen atoms in total. The molecule has 7 rings (SSSR count). The first-order valence-electron chi connectivity index (χ1n) is 17.0. The maximum atomic E-state index is 13.8. The molecule has 5 unspecified atom stereocenters. The summed E-state index contributed by atoms with van der Waals surface area (Å²) in [5.41, 5.74) is 2.52. The molecule has 2 saturated heterocycles. The van der Waals surface area contributed by atoms with Crippen molar-refractivity contribution in [3.05, 3.63) is 90.0 Å². The number of fused-ring (bicyclic) bond motifs is 3. The molecule has 4 aromatic rings. The third-order valence-corrected chi connectivity index (χ3v) is 10.8. The van der Waals surface area contributed by atoms with E-state index in [1.165, 1.54) is 17.1 Å². The molecule has 3 aliphatic rings. The van der Waals surface area contributed by atoms with E-state index in [0.29, 0.717) is 29.6 Å². The molecule has 1 amide bonds. The predicted molar refractivity (Wildman–Crippen MR) is 184 cm³/mol. The Bertz CT molecular complexity index is 1870. The van der Waals surface area contributed by atoms with Crippen molar-refractivity contribution in [2.75, 3.05) is 18.5 Å². The van der Waals surface area contributed by atoms with E-state index in [-0.39, 0.29) is 48.8 Å². The summed E-state index contributed by atoms with van der Waals surface area (Å²) in [4.78, 5) is 20.5. The average Bonchev–Trinajstić information content (AvgIpc) is 3.62. The molecule has 266 valence electrons. The molecule has 3 bridgehead atoms. The van der Waals surface area contributed by atoms with Gasteiger partial charge in [0, 0.05) is 31.0 Å². The van der Waals surface area contributed by atoms with Crippen molar-refractivity contribution in [1.29, 1.82) is 0 Å². The highest BCUT2D eigenvalue weighted by Gasteiger charge is 2.53. The van der Waals surface area contributed by atoms with Crippen LogP contribution in [0.1, 0.15) is 37.8 Å². The lowest BCUT2D eigenvalue weighted by Gasteiger charge is -2.37. The van der Waals surface area contributed by atoms with Gasteiger partial charge in [-0.05, 0) is 62.4 Å². The number of anilines is 1. The summed E-state index contributed by atoms with van der Waals surface area (Å²) in [6.45, 7) is 4.34. The highest BCUT2D eigenvalue weighted by molar-refractivity contribution is 7.89. The van der Waals surface area contributed by atoms with Gasteiger partial charge in [-0.3, -0.25) is 0 Å². The first-order chi connectivity index (χ1) is 24.1. The second-order valence-corrected chi connectivity index (χ2v) is 15.3. The number of aromatic nitrogens is 1. The number of aliphatic hydroxyl groups excluding tert-OH is 1. The van der Waals surface area contributed by atoms with Crippen LogP contribution in [-0.2, 0) is 37.2 Å². The van der Waals surface area contributed by atoms with Crippen molar-refractivity contribution in [1.82, 2.24) is 20.1 Å². The van der Waals surface area contributed by atoms with Gasteiger partial charge in [-0.1, -0.05) is 60.7 Å². The van der Waals surface area contributed by atoms with Crippen LogP contribution in [-0.4, -0.2) is 79.4 Å². The Morgan fingerprint density at radius 3 is 2.50 bits per heavy atom. The SMILES string of the molecule is CC(C)Nc1nc2cc(S(=O)(=O)NN(Cc3ccccc3)C[C@@H](O)[C@H](Cc3ccccc3)NC(=O)OC3C4COC5OC3CC5C4)ccc2o1. The van der Waals surface area contributed by atoms with Crippen LogP contribution < -0.4 is 15.5 Å². The molecule has 4 N–H and O–H groups in total. The molecule has 50 heavy (non-hydrogen) atoms. The van der Waals surface area contributed by atoms with Gasteiger partial charge >= 0.3 is 6.09 Å². The van der Waals surface area contributed by atoms with Crippen LogP contribution in [0.15, 0.2) is 88.2 Å². The Labute approximate surface area is 291 Å². The molecular formula is C36H43N5O8S. The normalized spacial score (nSPS) is 24.1. The molecule has 3 fully saturated rings. The van der Waals surface area contributed by atoms with Gasteiger partial charge in [0.15, 0.2) is 11.9 Å². The monoisotopic (exact) mass is 705 g/mol. The largest absolute Gasteiger partial charge is 0.443 e. The number of rotatable bonds is 14. The number of alkyl carbamates (subject to hydrolysis) is 1. The molecular weight excluding hydrogens is 662 g/mol. The summed E-state index contributed by atoms with van der Waals surface area (Å²) in [5, 5.41) is 19.2. The minimum atomic E-state index is -4.14. The summed E-state index contributed by atoms with van der Waals surface area (Å²) in [6, 6.07) is 22.8. The zero-order valence-electron chi connectivity index (χ0n) is 28.0. The number of carbonyl (C=O) groups excluding carboxylic acids is 1. The van der Waals surface area contributed by atoms with Crippen LogP contribution in [0.25, 0.3) is 11.1 Å². The number of aliphatic hydroxyl groups is 1. The van der Waals surface area contributed by atoms with Gasteiger partial charge in [0.05, 0.1) is 29.8 Å². The number of carbonyl (C=O) groups is 1. The number of oxazole rings is 1. The van der Waals surface area contributed by atoms with Crippen LogP contribution in [0.3, 0.4) is 0 Å². The van der Waals surface area contributed by atoms with Crippen molar-refractivity contribution in [3.63, 3.8) is 0 Å². The minimum absolute atomic E-state index is 0.0218. The molecule has 3 heterocycles. The number of amides is 1. The summed E-state index contributed by atoms with van der Waals surface area (Å²) in [5.74, 6) is 0.372. The van der Waals surface area contributed by atoms with Crippen LogP contribution in [0.5, 0.6) is 0 Å². The van der Waals surface area contributed by atoms with Crippen LogP contribution >= 0.6 is 0 Å². The molecule has 3 aromatic carbocycles. The number of hydrazine groups is 1. The molecule has 0 radical (unpaired) electrons. The van der Waals surface area contributed by atoms with Gasteiger partial charge in [0.2, 0.25) is 0 Å². The quantitative estimate of drug-likeness (QED) is 0.139. The zero-order valence-corrected chi connectivity index (χ0v) is 28.8. The highest BCUT2D eigenvalue weighted by atomic mass is 32.2. The van der Waals surface area contributed by atoms with E-state index < -0.39 is 34.4 Å². The maximum absolute atomic E-state index is 13.8. The lowest BCUT2D eigenvalue weighted by Crippen LogP contribution is -2.54. The van der Waals surface area contributed by atoms with Crippen molar-refractivity contribution >= 4 is 33.2 Å². The number of nitrogens with zero attached hydrogens (tertiary/aromatic N) is 2. The molecule has 0 spiro atoms. The smallest absolute Gasteiger partial charge is 0.407 e. The second-order valence-electron chi connectivity index (χ2n) is 13.7. The lowest BCUT2D eigenvalue weighted by atomic mass is 9.78. The highest BCUT2D eigenvalue weighted by Crippen LogP contribution is 2.46. The number of hydrogen-bond acceptors (Lipinski definition) is 11. The van der Waals surface area contributed by atoms with Crippen molar-refractivity contribution in [3.8, 4) is 0 Å². The van der Waals surface area contributed by atoms with Gasteiger partial charge < -0.3 is 34.4 Å². The molecule has 1 saturated carbocycles. The fourth-order valence-corrected chi connectivity index (χ4v) is 8.18. The predicted octanol–water partition coefficient (Wildman–Crippen LogP) is 4.19. The summed E-state index contributed by atoms with van der Waals surface area (Å²) in [6.07, 6.45) is -0.859. The zero-order chi connectivity index (χ0) is 34.8. The van der Waals surface area contributed by atoms with Crippen molar-refractivity contribution in [2.45, 2.75) is 81.2 Å². The van der Waals surface area contributed by atoms with E-state index in [2.05, 4.69) is 20.4 Å². The number of ether oxygens (including phenoxy) is 3. The van der Waals surface area contributed by atoms with Crippen LogP contribution in [0, 0.1) is 11.8 Å². The van der Waals surface area contributed by atoms with Crippen LogP contribution in [0.2, 0.25) is 0 Å². The second kappa shape index (κ2) is 14.7. The average molecular weight is 706 g/mol. The number of benzene rings is 3. The van der Waals surface area contributed by atoms with Gasteiger partial charge in [-0.15, -0.1) is 4.83 Å². The van der Waals surface area contributed by atoms with E-state index >= 15 is 0 Å². The first-order valence-corrected chi connectivity index (χ1v) is 18.5. The third kappa shape index (κ3) is 7.96. The van der Waals surface area contributed by atoms with E-state index in [0.717, 1.165) is 24.0 Å². The van der Waals surface area contributed by atoms with Crippen molar-refractivity contribution < 1.29 is 36.9 Å². The molecule has 1 aliphatic carbocycles. The van der Waals surface area contributed by atoms with E-state index in [4.69, 9.17) is 18.6 Å². The topological polar surface area (TPSA) is 164 Å². The Morgan fingerprint density at radius 1 is 1.02 bits per heavy atom. The maximum Gasteiger partial charge on any atom is 0.407 e. The fourth-order valence-electron chi connectivity index (χ4n) is 7.08. The third-order valence-electron chi connectivity index (χ3n) is 9.40. The van der Waals surface area contributed by atoms with E-state index in [9.17, 15) is 18.3 Å². The van der Waals surface area contributed by atoms with Crippen LogP contribution in [0.4, 0.5) is 10.8 Å². The first kappa shape index (κ1) is 34.4. The Morgan fingerprint density at radius 2 is 1.76 bits per heavy atom. The van der Waals surface area contributed by atoms with E-state index in [1.54, 1.807) is 6.07 Å².